The lowest BCUT2D eigenvalue weighted by molar-refractivity contribution is 1.07. The Morgan fingerprint density at radius 2 is 1.42 bits per heavy atom. The third-order valence-corrected chi connectivity index (χ3v) is 7.95. The summed E-state index contributed by atoms with van der Waals surface area (Å²) in [6.45, 7) is 6.63. The van der Waals surface area contributed by atoms with Gasteiger partial charge in [-0.15, -0.1) is 0 Å². The highest BCUT2D eigenvalue weighted by Gasteiger charge is 2.32. The van der Waals surface area contributed by atoms with Gasteiger partial charge < -0.3 is 5.41 Å². The van der Waals surface area contributed by atoms with E-state index in [4.69, 9.17) is 5.41 Å². The molecule has 1 aliphatic rings. The third kappa shape index (κ3) is 3.43. The fraction of sp³-hybridized carbons (Fsp3) is 0.114. The molecule has 0 radical (unpaired) electrons. The van der Waals surface area contributed by atoms with Crippen molar-refractivity contribution in [3.05, 3.63) is 142 Å². The fourth-order valence-electron chi connectivity index (χ4n) is 5.84. The minimum absolute atomic E-state index is 0.0424. The van der Waals surface area contributed by atoms with Gasteiger partial charge in [0.25, 0.3) is 0 Å². The van der Waals surface area contributed by atoms with Gasteiger partial charge in [0.1, 0.15) is 0 Å². The van der Waals surface area contributed by atoms with Crippen molar-refractivity contribution in [1.29, 1.82) is 5.41 Å². The molecule has 36 heavy (non-hydrogen) atoms. The molecule has 174 valence electrons. The maximum Gasteiger partial charge on any atom is 0.0364 e. The van der Waals surface area contributed by atoms with E-state index in [2.05, 4.69) is 124 Å². The molecule has 5 aromatic carbocycles. The summed E-state index contributed by atoms with van der Waals surface area (Å²) < 4.78 is 0. The molecule has 0 heterocycles. The Bertz CT molecular complexity index is 1670. The van der Waals surface area contributed by atoms with Gasteiger partial charge in [0, 0.05) is 17.7 Å². The number of benzene rings is 5. The topological polar surface area (TPSA) is 23.9 Å². The van der Waals surface area contributed by atoms with E-state index in [0.29, 0.717) is 0 Å². The van der Waals surface area contributed by atoms with Gasteiger partial charge in [-0.05, 0) is 99.3 Å². The molecule has 1 aliphatic carbocycles. The van der Waals surface area contributed by atoms with Crippen LogP contribution in [0, 0.1) is 26.2 Å². The van der Waals surface area contributed by atoms with Crippen LogP contribution in [0.2, 0.25) is 0 Å². The van der Waals surface area contributed by atoms with E-state index >= 15 is 0 Å². The lowest BCUT2D eigenvalue weighted by Gasteiger charge is -2.26. The van der Waals surface area contributed by atoms with Gasteiger partial charge in [-0.2, -0.15) is 0 Å². The van der Waals surface area contributed by atoms with Crippen molar-refractivity contribution in [3.8, 4) is 11.1 Å². The molecule has 5 aromatic rings. The number of allylic oxidation sites excluding steroid dienone is 1. The second-order valence-electron chi connectivity index (χ2n) is 9.82. The van der Waals surface area contributed by atoms with Crippen LogP contribution in [0.5, 0.6) is 0 Å². The number of hydrogen-bond acceptors (Lipinski definition) is 1. The molecule has 0 saturated heterocycles. The molecule has 0 saturated carbocycles. The molecule has 0 aliphatic heterocycles. The smallest absolute Gasteiger partial charge is 0.0364 e. The summed E-state index contributed by atoms with van der Waals surface area (Å²) in [6.07, 6.45) is 3.91. The summed E-state index contributed by atoms with van der Waals surface area (Å²) in [5, 5.41) is 10.9. The number of rotatable bonds is 4. The molecule has 0 amide bonds. The summed E-state index contributed by atoms with van der Waals surface area (Å²) in [4.78, 5) is 0. The first-order valence-electron chi connectivity index (χ1n) is 12.6. The van der Waals surface area contributed by atoms with Crippen molar-refractivity contribution in [2.45, 2.75) is 26.7 Å². The molecule has 1 atom stereocenters. The summed E-state index contributed by atoms with van der Waals surface area (Å²) in [5.74, 6) is 0.0424. The fourth-order valence-corrected chi connectivity index (χ4v) is 5.84. The maximum absolute atomic E-state index is 8.63. The van der Waals surface area contributed by atoms with E-state index in [1.165, 1.54) is 61.0 Å². The third-order valence-electron chi connectivity index (χ3n) is 7.95. The zero-order valence-electron chi connectivity index (χ0n) is 21.0. The molecule has 1 N–H and O–H groups in total. The van der Waals surface area contributed by atoms with Crippen LogP contribution in [0.3, 0.4) is 0 Å². The standard InChI is InChI=1S/C35H29N/c1-22-17-18-28(24(3)23(22)2)32-20-26-13-7-9-15-29(26)33(21-36)35(32)34-30-16-10-8-14-27(30)19-31(34)25-11-5-4-6-12-25/h4-21,34,36H,1-3H3. The molecule has 0 aromatic heterocycles. The van der Waals surface area contributed by atoms with Gasteiger partial charge in [-0.3, -0.25) is 0 Å². The van der Waals surface area contributed by atoms with Crippen molar-refractivity contribution in [3.63, 3.8) is 0 Å². The van der Waals surface area contributed by atoms with Gasteiger partial charge in [0.05, 0.1) is 0 Å². The van der Waals surface area contributed by atoms with Crippen molar-refractivity contribution in [2.24, 2.45) is 0 Å². The van der Waals surface area contributed by atoms with Gasteiger partial charge >= 0.3 is 0 Å². The Labute approximate surface area is 213 Å². The van der Waals surface area contributed by atoms with Gasteiger partial charge in [0.2, 0.25) is 0 Å². The Morgan fingerprint density at radius 3 is 2.22 bits per heavy atom. The quantitative estimate of drug-likeness (QED) is 0.257. The van der Waals surface area contributed by atoms with Crippen LogP contribution in [0.15, 0.2) is 97.1 Å². The van der Waals surface area contributed by atoms with Crippen LogP contribution >= 0.6 is 0 Å². The van der Waals surface area contributed by atoms with Gasteiger partial charge in [-0.25, -0.2) is 0 Å². The number of aryl methyl sites for hydroxylation is 1. The first kappa shape index (κ1) is 22.2. The molecule has 0 spiro atoms. The average Bonchev–Trinajstić information content (AvgIpc) is 3.30. The number of nitrogens with one attached hydrogen (secondary N) is 1. The Hall–Kier alpha value is -4.23. The predicted octanol–water partition coefficient (Wildman–Crippen LogP) is 9.12. The van der Waals surface area contributed by atoms with Gasteiger partial charge in [-0.1, -0.05) is 91.0 Å². The van der Waals surface area contributed by atoms with Crippen LogP contribution in [-0.2, 0) is 0 Å². The second kappa shape index (κ2) is 8.77. The summed E-state index contributed by atoms with van der Waals surface area (Å²) in [6, 6.07) is 34.8. The molecule has 6 rings (SSSR count). The Morgan fingerprint density at radius 1 is 0.694 bits per heavy atom. The normalized spacial score (nSPS) is 14.5. The Kier molecular flexibility index (Phi) is 5.42. The zero-order valence-corrected chi connectivity index (χ0v) is 21.0. The zero-order chi connectivity index (χ0) is 24.8. The van der Waals surface area contributed by atoms with E-state index in [-0.39, 0.29) is 5.92 Å². The highest BCUT2D eigenvalue weighted by Crippen LogP contribution is 2.51. The van der Waals surface area contributed by atoms with Crippen LogP contribution < -0.4 is 0 Å². The predicted molar refractivity (Wildman–Crippen MR) is 154 cm³/mol. The largest absolute Gasteiger partial charge is 0.308 e. The summed E-state index contributed by atoms with van der Waals surface area (Å²) in [5.41, 5.74) is 13.7. The second-order valence-corrected chi connectivity index (χ2v) is 9.82. The highest BCUT2D eigenvalue weighted by molar-refractivity contribution is 6.07. The van der Waals surface area contributed by atoms with Gasteiger partial charge in [0.15, 0.2) is 0 Å². The van der Waals surface area contributed by atoms with Crippen LogP contribution in [0.4, 0.5) is 0 Å². The molecule has 0 bridgehead atoms. The monoisotopic (exact) mass is 463 g/mol. The summed E-state index contributed by atoms with van der Waals surface area (Å²) in [7, 11) is 0. The van der Waals surface area contributed by atoms with E-state index in [1.54, 1.807) is 6.21 Å². The van der Waals surface area contributed by atoms with E-state index < -0.39 is 0 Å². The molecule has 1 unspecified atom stereocenters. The van der Waals surface area contributed by atoms with E-state index in [1.807, 2.05) is 0 Å². The lowest BCUT2D eigenvalue weighted by atomic mass is 9.77. The van der Waals surface area contributed by atoms with E-state index in [9.17, 15) is 0 Å². The maximum atomic E-state index is 8.63. The van der Waals surface area contributed by atoms with Crippen LogP contribution in [-0.4, -0.2) is 6.21 Å². The lowest BCUT2D eigenvalue weighted by Crippen LogP contribution is -2.09. The molecule has 1 nitrogen and oxygen atoms in total. The van der Waals surface area contributed by atoms with E-state index in [0.717, 1.165) is 10.9 Å². The van der Waals surface area contributed by atoms with Crippen molar-refractivity contribution < 1.29 is 0 Å². The average molecular weight is 464 g/mol. The summed E-state index contributed by atoms with van der Waals surface area (Å²) >= 11 is 0. The molecule has 0 fully saturated rings. The van der Waals surface area contributed by atoms with Crippen LogP contribution in [0.1, 0.15) is 50.4 Å². The first-order chi connectivity index (χ1) is 17.6. The first-order valence-corrected chi connectivity index (χ1v) is 12.6. The number of fused-ring (bicyclic) bond motifs is 2. The molecular formula is C35H29N. The Balaban J connectivity index is 1.75. The number of hydrogen-bond donors (Lipinski definition) is 1. The SMILES string of the molecule is Cc1ccc(-c2cc3ccccc3c(C=N)c2C2C(c3ccccc3)=Cc3ccccc32)c(C)c1C. The van der Waals surface area contributed by atoms with Crippen LogP contribution in [0.25, 0.3) is 33.5 Å². The molecular weight excluding hydrogens is 434 g/mol. The highest BCUT2D eigenvalue weighted by atomic mass is 14.4. The molecule has 1 heteroatoms. The minimum atomic E-state index is 0.0424. The minimum Gasteiger partial charge on any atom is -0.308 e. The van der Waals surface area contributed by atoms with Crippen molar-refractivity contribution in [1.82, 2.24) is 0 Å². The van der Waals surface area contributed by atoms with Crippen molar-refractivity contribution in [2.75, 3.05) is 0 Å². The van der Waals surface area contributed by atoms with Crippen molar-refractivity contribution >= 4 is 28.6 Å².